The predicted molar refractivity (Wildman–Crippen MR) is 146 cm³/mol. The van der Waals surface area contributed by atoms with Crippen LogP contribution >= 0.6 is 0 Å². The number of carbonyl (C=O) groups is 1. The van der Waals surface area contributed by atoms with Crippen molar-refractivity contribution >= 4 is 22.4 Å². The Morgan fingerprint density at radius 2 is 1.76 bits per heavy atom. The van der Waals surface area contributed by atoms with E-state index < -0.39 is 0 Å². The molecule has 5 aromatic rings. The third-order valence-corrected chi connectivity index (χ3v) is 6.37. The van der Waals surface area contributed by atoms with E-state index in [9.17, 15) is 4.79 Å². The van der Waals surface area contributed by atoms with Crippen LogP contribution in [0.5, 0.6) is 11.5 Å². The van der Waals surface area contributed by atoms with Gasteiger partial charge in [-0.2, -0.15) is 5.10 Å². The van der Waals surface area contributed by atoms with Crippen LogP contribution in [0.15, 0.2) is 91.3 Å². The molecule has 0 unspecified atom stereocenters. The standard InChI is InChI=1S/C31H29N3O3/c1-21-11-12-22(2)30(15-21)37-20-26-16-24(13-14-29(26)36-3)31(35)33-27-17-32-34(19-27)18-25-9-6-8-23-7-4-5-10-28(23)25/h4-17,19H,18,20H2,1-3H3,(H,33,35). The highest BCUT2D eigenvalue weighted by Gasteiger charge is 2.13. The van der Waals surface area contributed by atoms with E-state index in [0.29, 0.717) is 23.5 Å². The van der Waals surface area contributed by atoms with Gasteiger partial charge in [0.1, 0.15) is 18.1 Å². The molecule has 0 aliphatic rings. The van der Waals surface area contributed by atoms with Crippen molar-refractivity contribution in [2.45, 2.75) is 27.0 Å². The minimum absolute atomic E-state index is 0.222. The lowest BCUT2D eigenvalue weighted by Gasteiger charge is -2.14. The first-order chi connectivity index (χ1) is 18.0. The Labute approximate surface area is 216 Å². The summed E-state index contributed by atoms with van der Waals surface area (Å²) in [6.07, 6.45) is 3.50. The third-order valence-electron chi connectivity index (χ3n) is 6.37. The number of benzene rings is 4. The van der Waals surface area contributed by atoms with E-state index in [4.69, 9.17) is 9.47 Å². The lowest BCUT2D eigenvalue weighted by atomic mass is 10.0. The Kier molecular flexibility index (Phi) is 6.90. The van der Waals surface area contributed by atoms with Gasteiger partial charge >= 0.3 is 0 Å². The van der Waals surface area contributed by atoms with Crippen LogP contribution in [0.1, 0.15) is 32.6 Å². The second-order valence-electron chi connectivity index (χ2n) is 9.10. The molecule has 6 nitrogen and oxygen atoms in total. The molecule has 0 aliphatic carbocycles. The highest BCUT2D eigenvalue weighted by molar-refractivity contribution is 6.04. The van der Waals surface area contributed by atoms with Gasteiger partial charge in [-0.1, -0.05) is 54.6 Å². The molecule has 0 aliphatic heterocycles. The number of carbonyl (C=O) groups excluding carboxylic acids is 1. The average molecular weight is 492 g/mol. The average Bonchev–Trinajstić information content (AvgIpc) is 3.35. The monoisotopic (exact) mass is 491 g/mol. The Hall–Kier alpha value is -4.58. The molecule has 0 atom stereocenters. The van der Waals surface area contributed by atoms with Crippen LogP contribution in [0.25, 0.3) is 10.8 Å². The van der Waals surface area contributed by atoms with E-state index in [1.54, 1.807) is 31.5 Å². The number of aromatic nitrogens is 2. The number of aryl methyl sites for hydroxylation is 2. The summed E-state index contributed by atoms with van der Waals surface area (Å²) in [5, 5.41) is 9.79. The molecule has 0 radical (unpaired) electrons. The van der Waals surface area contributed by atoms with Crippen molar-refractivity contribution in [1.29, 1.82) is 0 Å². The first kappa shape index (κ1) is 24.1. The summed E-state index contributed by atoms with van der Waals surface area (Å²) in [4.78, 5) is 13.1. The van der Waals surface area contributed by atoms with Gasteiger partial charge in [0, 0.05) is 17.3 Å². The number of nitrogens with zero attached hydrogens (tertiary/aromatic N) is 2. The van der Waals surface area contributed by atoms with Crippen molar-refractivity contribution in [2.24, 2.45) is 0 Å². The van der Waals surface area contributed by atoms with E-state index in [1.807, 2.05) is 49.0 Å². The quantitative estimate of drug-likeness (QED) is 0.268. The molecule has 6 heteroatoms. The van der Waals surface area contributed by atoms with Crippen LogP contribution in [0.3, 0.4) is 0 Å². The maximum atomic E-state index is 13.1. The summed E-state index contributed by atoms with van der Waals surface area (Å²) in [5.41, 5.74) is 5.29. The molecule has 0 spiro atoms. The molecule has 5 rings (SSSR count). The van der Waals surface area contributed by atoms with Gasteiger partial charge in [-0.3, -0.25) is 9.48 Å². The molecule has 1 aromatic heterocycles. The number of fused-ring (bicyclic) bond motifs is 1. The normalized spacial score (nSPS) is 10.9. The van der Waals surface area contributed by atoms with Crippen LogP contribution in [0.2, 0.25) is 0 Å². The first-order valence-corrected chi connectivity index (χ1v) is 12.2. The minimum Gasteiger partial charge on any atom is -0.496 e. The molecule has 37 heavy (non-hydrogen) atoms. The number of hydrogen-bond acceptors (Lipinski definition) is 4. The number of rotatable bonds is 8. The molecule has 4 aromatic carbocycles. The Balaban J connectivity index is 1.29. The van der Waals surface area contributed by atoms with Crippen LogP contribution < -0.4 is 14.8 Å². The van der Waals surface area contributed by atoms with Crippen molar-refractivity contribution in [3.63, 3.8) is 0 Å². The first-order valence-electron chi connectivity index (χ1n) is 12.2. The summed E-state index contributed by atoms with van der Waals surface area (Å²) in [7, 11) is 1.61. The minimum atomic E-state index is -0.222. The lowest BCUT2D eigenvalue weighted by molar-refractivity contribution is 0.102. The summed E-state index contributed by atoms with van der Waals surface area (Å²) in [5.74, 6) is 1.26. The lowest BCUT2D eigenvalue weighted by Crippen LogP contribution is -2.12. The number of amides is 1. The van der Waals surface area contributed by atoms with Gasteiger partial charge in [0.05, 0.1) is 25.5 Å². The maximum absolute atomic E-state index is 13.1. The number of ether oxygens (including phenoxy) is 2. The van der Waals surface area contributed by atoms with Crippen molar-refractivity contribution in [3.8, 4) is 11.5 Å². The molecule has 186 valence electrons. The second kappa shape index (κ2) is 10.6. The van der Waals surface area contributed by atoms with Gasteiger partial charge < -0.3 is 14.8 Å². The van der Waals surface area contributed by atoms with Crippen molar-refractivity contribution in [3.05, 3.63) is 119 Å². The number of hydrogen-bond donors (Lipinski definition) is 1. The van der Waals surface area contributed by atoms with Gasteiger partial charge in [-0.25, -0.2) is 0 Å². The van der Waals surface area contributed by atoms with E-state index in [0.717, 1.165) is 22.4 Å². The molecular weight excluding hydrogens is 462 g/mol. The fourth-order valence-corrected chi connectivity index (χ4v) is 4.37. The predicted octanol–water partition coefficient (Wildman–Crippen LogP) is 6.54. The maximum Gasteiger partial charge on any atom is 0.255 e. The van der Waals surface area contributed by atoms with E-state index in [1.165, 1.54) is 16.3 Å². The molecule has 0 saturated carbocycles. The van der Waals surface area contributed by atoms with Crippen LogP contribution in [-0.2, 0) is 13.2 Å². The van der Waals surface area contributed by atoms with Gasteiger partial charge in [-0.15, -0.1) is 0 Å². The summed E-state index contributed by atoms with van der Waals surface area (Å²) >= 11 is 0. The van der Waals surface area contributed by atoms with Gasteiger partial charge in [0.25, 0.3) is 5.91 Å². The molecule has 0 fully saturated rings. The molecular formula is C31H29N3O3. The molecule has 0 bridgehead atoms. The number of anilines is 1. The fourth-order valence-electron chi connectivity index (χ4n) is 4.37. The van der Waals surface area contributed by atoms with Crippen molar-refractivity contribution < 1.29 is 14.3 Å². The highest BCUT2D eigenvalue weighted by atomic mass is 16.5. The number of methoxy groups -OCH3 is 1. The largest absolute Gasteiger partial charge is 0.496 e. The summed E-state index contributed by atoms with van der Waals surface area (Å²) < 4.78 is 13.4. The SMILES string of the molecule is COc1ccc(C(=O)Nc2cnn(Cc3cccc4ccccc34)c2)cc1COc1cc(C)ccc1C. The van der Waals surface area contributed by atoms with Crippen LogP contribution in [-0.4, -0.2) is 22.8 Å². The zero-order valence-corrected chi connectivity index (χ0v) is 21.2. The van der Waals surface area contributed by atoms with Crippen molar-refractivity contribution in [2.75, 3.05) is 12.4 Å². The van der Waals surface area contributed by atoms with Crippen molar-refractivity contribution in [1.82, 2.24) is 9.78 Å². The van der Waals surface area contributed by atoms with Gasteiger partial charge in [0.2, 0.25) is 0 Å². The summed E-state index contributed by atoms with van der Waals surface area (Å²) in [6, 6.07) is 26.0. The summed E-state index contributed by atoms with van der Waals surface area (Å²) in [6.45, 7) is 4.94. The Bertz CT molecular complexity index is 1570. The topological polar surface area (TPSA) is 65.4 Å². The number of nitrogens with one attached hydrogen (secondary N) is 1. The molecule has 1 heterocycles. The highest BCUT2D eigenvalue weighted by Crippen LogP contribution is 2.25. The van der Waals surface area contributed by atoms with Gasteiger partial charge in [0.15, 0.2) is 0 Å². The van der Waals surface area contributed by atoms with Crippen LogP contribution in [0.4, 0.5) is 5.69 Å². The Morgan fingerprint density at radius 1 is 0.919 bits per heavy atom. The van der Waals surface area contributed by atoms with Gasteiger partial charge in [-0.05, 0) is 65.6 Å². The molecule has 1 N–H and O–H groups in total. The smallest absolute Gasteiger partial charge is 0.255 e. The zero-order chi connectivity index (χ0) is 25.8. The van der Waals surface area contributed by atoms with Crippen LogP contribution in [0, 0.1) is 13.8 Å². The van der Waals surface area contributed by atoms with E-state index in [2.05, 4.69) is 46.8 Å². The zero-order valence-electron chi connectivity index (χ0n) is 21.2. The van der Waals surface area contributed by atoms with E-state index >= 15 is 0 Å². The second-order valence-corrected chi connectivity index (χ2v) is 9.10. The third kappa shape index (κ3) is 5.48. The fraction of sp³-hybridized carbons (Fsp3) is 0.161. The van der Waals surface area contributed by atoms with E-state index in [-0.39, 0.29) is 12.5 Å². The molecule has 1 amide bonds. The molecule has 0 saturated heterocycles. The Morgan fingerprint density at radius 3 is 2.62 bits per heavy atom.